The molecule has 118 valence electrons. The van der Waals surface area contributed by atoms with Gasteiger partial charge in [-0.1, -0.05) is 12.8 Å². The number of carboxylic acid groups (broad SMARTS) is 1. The fraction of sp³-hybridized carbons (Fsp3) is 0.833. The molecule has 0 aliphatic heterocycles. The summed E-state index contributed by atoms with van der Waals surface area (Å²) >= 11 is 0. The van der Waals surface area contributed by atoms with Crippen LogP contribution in [0, 0.1) is 0 Å². The molecule has 0 fully saturated rings. The van der Waals surface area contributed by atoms with Gasteiger partial charge in [-0.2, -0.15) is 0 Å². The highest BCUT2D eigenvalue weighted by atomic mass is 32.2. The number of carbonyl (C=O) groups is 2. The van der Waals surface area contributed by atoms with Crippen LogP contribution in [0.25, 0.3) is 0 Å². The van der Waals surface area contributed by atoms with E-state index in [9.17, 15) is 18.0 Å². The van der Waals surface area contributed by atoms with Crippen molar-refractivity contribution in [1.29, 1.82) is 0 Å². The van der Waals surface area contributed by atoms with E-state index in [1.807, 2.05) is 0 Å². The average molecular weight is 309 g/mol. The molecule has 0 amide bonds. The summed E-state index contributed by atoms with van der Waals surface area (Å²) in [7, 11) is -3.45. The first kappa shape index (κ1) is 18.9. The minimum atomic E-state index is -3.45. The van der Waals surface area contributed by atoms with E-state index in [4.69, 9.17) is 5.11 Å². The van der Waals surface area contributed by atoms with E-state index in [0.717, 1.165) is 12.8 Å². The van der Waals surface area contributed by atoms with E-state index in [1.165, 1.54) is 0 Å². The highest BCUT2D eigenvalue weighted by Gasteiger charge is 2.13. The van der Waals surface area contributed by atoms with Crippen LogP contribution in [0.15, 0.2) is 0 Å². The van der Waals surface area contributed by atoms with Gasteiger partial charge in [0.05, 0.1) is 18.8 Å². The SMILES string of the molecule is CCOC(=O)CCS(=O)(=O)NCCCCCCC(=O)O. The van der Waals surface area contributed by atoms with Gasteiger partial charge in [-0.05, 0) is 19.8 Å². The Bertz CT molecular complexity index is 393. The third-order valence-electron chi connectivity index (χ3n) is 2.52. The maximum Gasteiger partial charge on any atom is 0.306 e. The molecular weight excluding hydrogens is 286 g/mol. The fourth-order valence-electron chi connectivity index (χ4n) is 1.51. The third-order valence-corrected chi connectivity index (χ3v) is 3.91. The molecular formula is C12H23NO6S. The Labute approximate surface area is 119 Å². The van der Waals surface area contributed by atoms with Crippen molar-refractivity contribution in [3.63, 3.8) is 0 Å². The molecule has 0 aromatic heterocycles. The van der Waals surface area contributed by atoms with Gasteiger partial charge in [0.2, 0.25) is 10.0 Å². The third kappa shape index (κ3) is 11.9. The first-order valence-corrected chi connectivity index (χ1v) is 8.37. The first-order chi connectivity index (χ1) is 9.37. The van der Waals surface area contributed by atoms with Crippen molar-refractivity contribution in [3.8, 4) is 0 Å². The lowest BCUT2D eigenvalue weighted by molar-refractivity contribution is -0.142. The van der Waals surface area contributed by atoms with E-state index in [0.29, 0.717) is 19.4 Å². The second-order valence-corrected chi connectivity index (χ2v) is 6.25. The quantitative estimate of drug-likeness (QED) is 0.409. The molecule has 20 heavy (non-hydrogen) atoms. The van der Waals surface area contributed by atoms with Crippen LogP contribution < -0.4 is 4.72 Å². The number of sulfonamides is 1. The van der Waals surface area contributed by atoms with Crippen molar-refractivity contribution in [2.75, 3.05) is 18.9 Å². The van der Waals surface area contributed by atoms with E-state index in [1.54, 1.807) is 6.92 Å². The van der Waals surface area contributed by atoms with E-state index >= 15 is 0 Å². The van der Waals surface area contributed by atoms with Gasteiger partial charge in [0.15, 0.2) is 0 Å². The van der Waals surface area contributed by atoms with Crippen molar-refractivity contribution in [1.82, 2.24) is 4.72 Å². The molecule has 0 saturated carbocycles. The summed E-state index contributed by atoms with van der Waals surface area (Å²) in [5, 5.41) is 8.44. The second kappa shape index (κ2) is 10.6. The molecule has 0 rings (SSSR count). The molecule has 0 atom stereocenters. The van der Waals surface area contributed by atoms with Crippen LogP contribution in [-0.2, 0) is 24.3 Å². The number of esters is 1. The number of carboxylic acids is 1. The van der Waals surface area contributed by atoms with Gasteiger partial charge in [-0.15, -0.1) is 0 Å². The number of unbranched alkanes of at least 4 members (excludes halogenated alkanes) is 3. The van der Waals surface area contributed by atoms with Gasteiger partial charge < -0.3 is 9.84 Å². The Hall–Kier alpha value is -1.15. The van der Waals surface area contributed by atoms with Crippen LogP contribution in [0.3, 0.4) is 0 Å². The van der Waals surface area contributed by atoms with Crippen molar-refractivity contribution in [2.24, 2.45) is 0 Å². The molecule has 7 nitrogen and oxygen atoms in total. The van der Waals surface area contributed by atoms with Crippen molar-refractivity contribution in [2.45, 2.75) is 45.4 Å². The van der Waals surface area contributed by atoms with Crippen molar-refractivity contribution in [3.05, 3.63) is 0 Å². The minimum Gasteiger partial charge on any atom is -0.481 e. The van der Waals surface area contributed by atoms with E-state index in [2.05, 4.69) is 9.46 Å². The molecule has 0 saturated heterocycles. The second-order valence-electron chi connectivity index (χ2n) is 4.33. The summed E-state index contributed by atoms with van der Waals surface area (Å²) in [6.07, 6.45) is 2.78. The maximum atomic E-state index is 11.5. The predicted octanol–water partition coefficient (Wildman–Crippen LogP) is 0.894. The van der Waals surface area contributed by atoms with Crippen molar-refractivity contribution < 1.29 is 27.9 Å². The number of hydrogen-bond acceptors (Lipinski definition) is 5. The van der Waals surface area contributed by atoms with Gasteiger partial charge in [0.1, 0.15) is 0 Å². The molecule has 0 unspecified atom stereocenters. The summed E-state index contributed by atoms with van der Waals surface area (Å²) in [5.41, 5.74) is 0. The smallest absolute Gasteiger partial charge is 0.306 e. The van der Waals surface area contributed by atoms with Gasteiger partial charge >= 0.3 is 11.9 Å². The van der Waals surface area contributed by atoms with Crippen LogP contribution in [0.1, 0.15) is 45.4 Å². The Morgan fingerprint density at radius 3 is 2.35 bits per heavy atom. The van der Waals surface area contributed by atoms with Crippen LogP contribution >= 0.6 is 0 Å². The Morgan fingerprint density at radius 1 is 1.10 bits per heavy atom. The van der Waals surface area contributed by atoms with Gasteiger partial charge in [-0.25, -0.2) is 13.1 Å². The van der Waals surface area contributed by atoms with Crippen molar-refractivity contribution >= 4 is 22.0 Å². The molecule has 0 aliphatic rings. The van der Waals surface area contributed by atoms with Crippen LogP contribution in [0.5, 0.6) is 0 Å². The molecule has 0 heterocycles. The summed E-state index contributed by atoms with van der Waals surface area (Å²) < 4.78 is 30.1. The molecule has 8 heteroatoms. The fourth-order valence-corrected chi connectivity index (χ4v) is 2.54. The molecule has 0 bridgehead atoms. The highest BCUT2D eigenvalue weighted by molar-refractivity contribution is 7.89. The monoisotopic (exact) mass is 309 g/mol. The normalized spacial score (nSPS) is 11.2. The van der Waals surface area contributed by atoms with E-state index in [-0.39, 0.29) is 25.2 Å². The summed E-state index contributed by atoms with van der Waals surface area (Å²) in [6, 6.07) is 0. The highest BCUT2D eigenvalue weighted by Crippen LogP contribution is 2.02. The standard InChI is InChI=1S/C12H23NO6S/c1-2-19-12(16)8-10-20(17,18)13-9-6-4-3-5-7-11(14)15/h13H,2-10H2,1H3,(H,14,15). The largest absolute Gasteiger partial charge is 0.481 e. The lowest BCUT2D eigenvalue weighted by Gasteiger charge is -2.06. The number of hydrogen-bond donors (Lipinski definition) is 2. The number of rotatable bonds is 12. The molecule has 2 N–H and O–H groups in total. The summed E-state index contributed by atoms with van der Waals surface area (Å²) in [4.78, 5) is 21.3. The number of carbonyl (C=O) groups excluding carboxylic acids is 1. The average Bonchev–Trinajstić information content (AvgIpc) is 2.35. The molecule has 0 aromatic rings. The Morgan fingerprint density at radius 2 is 1.75 bits per heavy atom. The molecule has 0 aromatic carbocycles. The van der Waals surface area contributed by atoms with Gasteiger partial charge in [-0.3, -0.25) is 9.59 Å². The lowest BCUT2D eigenvalue weighted by Crippen LogP contribution is -2.28. The minimum absolute atomic E-state index is 0.144. The van der Waals surface area contributed by atoms with Crippen LogP contribution in [0.2, 0.25) is 0 Å². The summed E-state index contributed by atoms with van der Waals surface area (Å²) in [6.45, 7) is 2.20. The van der Waals surface area contributed by atoms with Crippen LogP contribution in [0.4, 0.5) is 0 Å². The maximum absolute atomic E-state index is 11.5. The molecule has 0 aliphatic carbocycles. The lowest BCUT2D eigenvalue weighted by atomic mass is 10.1. The first-order valence-electron chi connectivity index (χ1n) is 6.72. The number of aliphatic carboxylic acids is 1. The zero-order valence-electron chi connectivity index (χ0n) is 11.8. The topological polar surface area (TPSA) is 110 Å². The number of ether oxygens (including phenoxy) is 1. The zero-order valence-corrected chi connectivity index (χ0v) is 12.6. The van der Waals surface area contributed by atoms with E-state index < -0.39 is 22.0 Å². The Kier molecular flexibility index (Phi) is 10.0. The molecule has 0 spiro atoms. The zero-order chi connectivity index (χ0) is 15.4. The molecule has 0 radical (unpaired) electrons. The van der Waals surface area contributed by atoms with Gasteiger partial charge in [0.25, 0.3) is 0 Å². The predicted molar refractivity (Wildman–Crippen MR) is 73.8 cm³/mol. The number of nitrogens with one attached hydrogen (secondary N) is 1. The van der Waals surface area contributed by atoms with Gasteiger partial charge in [0, 0.05) is 13.0 Å². The summed E-state index contributed by atoms with van der Waals surface area (Å²) in [5.74, 6) is -1.61. The van der Waals surface area contributed by atoms with Crippen LogP contribution in [-0.4, -0.2) is 44.4 Å². The Balaban J connectivity index is 3.62.